The summed E-state index contributed by atoms with van der Waals surface area (Å²) < 4.78 is 0. The summed E-state index contributed by atoms with van der Waals surface area (Å²) in [6.07, 6.45) is 0. The highest BCUT2D eigenvalue weighted by Gasteiger charge is 1.97. The lowest BCUT2D eigenvalue weighted by molar-refractivity contribution is 0.0195. The van der Waals surface area contributed by atoms with Crippen LogP contribution in [0.25, 0.3) is 0 Å². The van der Waals surface area contributed by atoms with Crippen molar-refractivity contribution in [3.8, 4) is 0 Å². The van der Waals surface area contributed by atoms with Crippen LogP contribution in [0.4, 0.5) is 0 Å². The fourth-order valence-corrected chi connectivity index (χ4v) is 1.16. The van der Waals surface area contributed by atoms with Gasteiger partial charge >= 0.3 is 0 Å². The number of benzene rings is 1. The molecule has 1 aromatic carbocycles. The van der Waals surface area contributed by atoms with Crippen molar-refractivity contribution in [3.63, 3.8) is 0 Å². The van der Waals surface area contributed by atoms with Crippen LogP contribution in [0.1, 0.15) is 25.0 Å². The molecule has 0 unspecified atom stereocenters. The molecular weight excluding hydrogens is 174 g/mol. The van der Waals surface area contributed by atoms with Gasteiger partial charge in [-0.3, -0.25) is 0 Å². The molecule has 0 aliphatic carbocycles. The molecule has 0 amide bonds. The van der Waals surface area contributed by atoms with Gasteiger partial charge < -0.3 is 4.84 Å². The van der Waals surface area contributed by atoms with Crippen molar-refractivity contribution in [2.45, 2.75) is 27.3 Å². The Kier molecular flexibility index (Phi) is 4.63. The van der Waals surface area contributed by atoms with Gasteiger partial charge in [-0.1, -0.05) is 38.1 Å². The molecule has 0 atom stereocenters. The van der Waals surface area contributed by atoms with Gasteiger partial charge in [-0.05, 0) is 24.0 Å². The molecular formula is C12H19NO. The first kappa shape index (κ1) is 11.2. The van der Waals surface area contributed by atoms with E-state index in [9.17, 15) is 0 Å². The maximum absolute atomic E-state index is 5.30. The van der Waals surface area contributed by atoms with Crippen molar-refractivity contribution in [1.29, 1.82) is 0 Å². The Morgan fingerprint density at radius 3 is 2.64 bits per heavy atom. The SMILES string of the molecule is Cc1ccccc1CNOCC(C)C. The number of rotatable bonds is 5. The largest absolute Gasteiger partial charge is 0.301 e. The van der Waals surface area contributed by atoms with Crippen LogP contribution in [-0.2, 0) is 11.4 Å². The first-order valence-corrected chi connectivity index (χ1v) is 5.09. The maximum Gasteiger partial charge on any atom is 0.0705 e. The fourth-order valence-electron chi connectivity index (χ4n) is 1.16. The second-order valence-corrected chi connectivity index (χ2v) is 3.95. The summed E-state index contributed by atoms with van der Waals surface area (Å²) in [6.45, 7) is 7.91. The Bertz CT molecular complexity index is 271. The van der Waals surface area contributed by atoms with E-state index in [2.05, 4.69) is 38.4 Å². The third kappa shape index (κ3) is 3.90. The zero-order valence-electron chi connectivity index (χ0n) is 9.21. The molecule has 78 valence electrons. The molecule has 0 bridgehead atoms. The summed E-state index contributed by atoms with van der Waals surface area (Å²) in [5, 5.41) is 0. The average molecular weight is 193 g/mol. The fraction of sp³-hybridized carbons (Fsp3) is 0.500. The Labute approximate surface area is 86.2 Å². The minimum absolute atomic E-state index is 0.569. The Hall–Kier alpha value is -0.860. The van der Waals surface area contributed by atoms with Gasteiger partial charge in [-0.25, -0.2) is 0 Å². The van der Waals surface area contributed by atoms with Gasteiger partial charge in [0, 0.05) is 6.54 Å². The molecule has 2 nitrogen and oxygen atoms in total. The lowest BCUT2D eigenvalue weighted by Gasteiger charge is -2.09. The van der Waals surface area contributed by atoms with Gasteiger partial charge in [-0.2, -0.15) is 5.48 Å². The molecule has 0 aromatic heterocycles. The van der Waals surface area contributed by atoms with E-state index >= 15 is 0 Å². The lowest BCUT2D eigenvalue weighted by atomic mass is 10.1. The van der Waals surface area contributed by atoms with Crippen molar-refractivity contribution < 1.29 is 4.84 Å². The zero-order valence-corrected chi connectivity index (χ0v) is 9.21. The van der Waals surface area contributed by atoms with Crippen molar-refractivity contribution in [3.05, 3.63) is 35.4 Å². The highest BCUT2D eigenvalue weighted by Crippen LogP contribution is 2.05. The summed E-state index contributed by atoms with van der Waals surface area (Å²) in [6, 6.07) is 8.32. The Morgan fingerprint density at radius 1 is 1.29 bits per heavy atom. The zero-order chi connectivity index (χ0) is 10.4. The molecule has 0 saturated heterocycles. The summed E-state index contributed by atoms with van der Waals surface area (Å²) in [5.41, 5.74) is 5.56. The standard InChI is InChI=1S/C12H19NO/c1-10(2)9-14-13-8-12-7-5-4-6-11(12)3/h4-7,10,13H,8-9H2,1-3H3. The number of hydrogen-bond donors (Lipinski definition) is 1. The van der Waals surface area contributed by atoms with Crippen LogP contribution in [0.5, 0.6) is 0 Å². The van der Waals surface area contributed by atoms with Gasteiger partial charge in [0.2, 0.25) is 0 Å². The second kappa shape index (κ2) is 5.78. The highest BCUT2D eigenvalue weighted by molar-refractivity contribution is 5.24. The molecule has 1 rings (SSSR count). The predicted octanol–water partition coefficient (Wildman–Crippen LogP) is 2.67. The van der Waals surface area contributed by atoms with E-state index in [1.165, 1.54) is 11.1 Å². The van der Waals surface area contributed by atoms with E-state index in [1.807, 2.05) is 12.1 Å². The van der Waals surface area contributed by atoms with E-state index in [1.54, 1.807) is 0 Å². The third-order valence-corrected chi connectivity index (χ3v) is 2.04. The van der Waals surface area contributed by atoms with E-state index in [0.29, 0.717) is 5.92 Å². The topological polar surface area (TPSA) is 21.3 Å². The molecule has 0 aliphatic heterocycles. The molecule has 14 heavy (non-hydrogen) atoms. The van der Waals surface area contributed by atoms with Gasteiger partial charge in [0.1, 0.15) is 0 Å². The quantitative estimate of drug-likeness (QED) is 0.573. The molecule has 0 aliphatic rings. The smallest absolute Gasteiger partial charge is 0.0705 e. The van der Waals surface area contributed by atoms with Crippen LogP contribution >= 0.6 is 0 Å². The number of nitrogens with one attached hydrogen (secondary N) is 1. The highest BCUT2D eigenvalue weighted by atomic mass is 16.6. The van der Waals surface area contributed by atoms with Gasteiger partial charge in [0.25, 0.3) is 0 Å². The Morgan fingerprint density at radius 2 is 2.00 bits per heavy atom. The molecule has 0 radical (unpaired) electrons. The van der Waals surface area contributed by atoms with Crippen molar-refractivity contribution >= 4 is 0 Å². The summed E-state index contributed by atoms with van der Waals surface area (Å²) in [7, 11) is 0. The molecule has 0 spiro atoms. The van der Waals surface area contributed by atoms with Crippen LogP contribution < -0.4 is 5.48 Å². The summed E-state index contributed by atoms with van der Waals surface area (Å²) in [4.78, 5) is 5.30. The molecule has 0 heterocycles. The van der Waals surface area contributed by atoms with E-state index < -0.39 is 0 Å². The molecule has 0 saturated carbocycles. The maximum atomic E-state index is 5.30. The van der Waals surface area contributed by atoms with Gasteiger partial charge in [0.15, 0.2) is 0 Å². The molecule has 0 fully saturated rings. The van der Waals surface area contributed by atoms with Crippen LogP contribution in [0.2, 0.25) is 0 Å². The van der Waals surface area contributed by atoms with Crippen molar-refractivity contribution in [2.75, 3.05) is 6.61 Å². The van der Waals surface area contributed by atoms with E-state index in [4.69, 9.17) is 4.84 Å². The van der Waals surface area contributed by atoms with Crippen molar-refractivity contribution in [2.24, 2.45) is 5.92 Å². The first-order valence-electron chi connectivity index (χ1n) is 5.09. The first-order chi connectivity index (χ1) is 6.70. The number of hydroxylamine groups is 1. The van der Waals surface area contributed by atoms with Crippen LogP contribution in [0.3, 0.4) is 0 Å². The summed E-state index contributed by atoms with van der Waals surface area (Å²) >= 11 is 0. The Balaban J connectivity index is 2.28. The minimum atomic E-state index is 0.569. The summed E-state index contributed by atoms with van der Waals surface area (Å²) in [5.74, 6) is 0.569. The average Bonchev–Trinajstić information content (AvgIpc) is 2.15. The predicted molar refractivity (Wildman–Crippen MR) is 58.8 cm³/mol. The van der Waals surface area contributed by atoms with E-state index in [0.717, 1.165) is 13.2 Å². The van der Waals surface area contributed by atoms with Crippen molar-refractivity contribution in [1.82, 2.24) is 5.48 Å². The number of aryl methyl sites for hydroxylation is 1. The van der Waals surface area contributed by atoms with E-state index in [-0.39, 0.29) is 0 Å². The second-order valence-electron chi connectivity index (χ2n) is 3.95. The number of hydrogen-bond acceptors (Lipinski definition) is 2. The van der Waals surface area contributed by atoms with Gasteiger partial charge in [0.05, 0.1) is 6.61 Å². The van der Waals surface area contributed by atoms with Gasteiger partial charge in [-0.15, -0.1) is 0 Å². The normalized spacial score (nSPS) is 10.9. The van der Waals surface area contributed by atoms with Crippen LogP contribution in [0, 0.1) is 12.8 Å². The molecule has 1 aromatic rings. The lowest BCUT2D eigenvalue weighted by Crippen LogP contribution is -2.17. The molecule has 1 N–H and O–H groups in total. The molecule has 2 heteroatoms. The minimum Gasteiger partial charge on any atom is -0.301 e. The monoisotopic (exact) mass is 193 g/mol. The third-order valence-electron chi connectivity index (χ3n) is 2.04. The van der Waals surface area contributed by atoms with Crippen LogP contribution in [-0.4, -0.2) is 6.61 Å². The van der Waals surface area contributed by atoms with Crippen LogP contribution in [0.15, 0.2) is 24.3 Å².